The van der Waals surface area contributed by atoms with Crippen LogP contribution < -0.4 is 0 Å². The second-order valence-corrected chi connectivity index (χ2v) is 18.0. The minimum absolute atomic E-state index is 0.138. The van der Waals surface area contributed by atoms with Gasteiger partial charge in [0.25, 0.3) is 0 Å². The van der Waals surface area contributed by atoms with E-state index in [-0.39, 0.29) is 16.7 Å². The fourth-order valence-electron chi connectivity index (χ4n) is 10.6. The molecule has 0 atom stereocenters. The van der Waals surface area contributed by atoms with Crippen molar-refractivity contribution in [3.8, 4) is 85.2 Å². The highest BCUT2D eigenvalue weighted by Gasteiger charge is 2.26. The summed E-state index contributed by atoms with van der Waals surface area (Å²) in [4.78, 5) is 11.5. The summed E-state index contributed by atoms with van der Waals surface area (Å²) in [6, 6.07) is 68.6. The van der Waals surface area contributed by atoms with E-state index in [1.165, 1.54) is 6.07 Å². The number of rotatable bonds is 7. The van der Waals surface area contributed by atoms with Gasteiger partial charge >= 0.3 is 0 Å². The van der Waals surface area contributed by atoms with Crippen LogP contribution in [-0.2, 0) is 0 Å². The molecule has 0 aliphatic carbocycles. The van der Waals surface area contributed by atoms with E-state index < -0.39 is 5.82 Å². The molecule has 0 aliphatic heterocycles. The molecule has 2 heterocycles. The van der Waals surface area contributed by atoms with E-state index >= 15 is 4.39 Å². The zero-order chi connectivity index (χ0) is 51.3. The Morgan fingerprint density at radius 2 is 0.733 bits per heavy atom. The average Bonchev–Trinajstić information content (AvgIpc) is 4.05. The summed E-state index contributed by atoms with van der Waals surface area (Å²) in [6.07, 6.45) is 0. The molecule has 0 saturated heterocycles. The van der Waals surface area contributed by atoms with Gasteiger partial charge < -0.3 is 9.13 Å². The van der Waals surface area contributed by atoms with E-state index in [4.69, 9.17) is 19.7 Å². The van der Waals surface area contributed by atoms with Gasteiger partial charge in [0.15, 0.2) is 17.1 Å². The summed E-state index contributed by atoms with van der Waals surface area (Å²) in [6.45, 7) is 24.0. The van der Waals surface area contributed by atoms with Crippen LogP contribution in [0.25, 0.3) is 125 Å². The largest absolute Gasteiger partial charge is 0.308 e. The summed E-state index contributed by atoms with van der Waals surface area (Å²) in [5.74, 6) is -0.646. The highest BCUT2D eigenvalue weighted by molar-refractivity contribution is 6.15. The molecule has 2 aromatic heterocycles. The van der Waals surface area contributed by atoms with E-state index in [0.29, 0.717) is 39.6 Å². The Bertz CT molecular complexity index is 4220. The molecule has 0 fully saturated rings. The predicted molar refractivity (Wildman–Crippen MR) is 295 cm³/mol. The lowest BCUT2D eigenvalue weighted by Gasteiger charge is -2.21. The van der Waals surface area contributed by atoms with Gasteiger partial charge in [-0.1, -0.05) is 115 Å². The van der Waals surface area contributed by atoms with E-state index in [0.717, 1.165) is 88.1 Å². The number of hydrogen-bond acceptors (Lipinski definition) is 3. The molecule has 12 rings (SSSR count). The minimum Gasteiger partial charge on any atom is -0.308 e. The van der Waals surface area contributed by atoms with Crippen LogP contribution >= 0.6 is 0 Å². The first kappa shape index (κ1) is 44.8. The number of hydrogen-bond donors (Lipinski definition) is 0. The number of aromatic nitrogens is 2. The normalized spacial score (nSPS) is 10.9. The fraction of sp³-hybridized carbons (Fsp3) is 0. The summed E-state index contributed by atoms with van der Waals surface area (Å²) in [7, 11) is 0. The number of halogens is 1. The van der Waals surface area contributed by atoms with Crippen molar-refractivity contribution in [3.05, 3.63) is 257 Å². The zero-order valence-electron chi connectivity index (χ0n) is 39.5. The standard InChI is InChI=1S/C66H33FN8/c1-71-57-17-9-6-14-48(57)43-22-27-61-53(34-43)52-33-42(47-13-5-4-12-46(47)39-70)21-26-60(52)74(61)64-31-41(38-69)32-65(66(64)51-25-20-40(37-68)30-56(51)67)75-62-28-23-44(49-15-7-10-18-58(49)72-2)35-54(62)55-36-45(24-29-63(55)75)50-16-8-11-19-59(50)73-3/h4-36H. The topological polar surface area (TPSA) is 94.3 Å². The molecule has 0 aliphatic rings. The molecule has 0 saturated carbocycles. The first-order valence-electron chi connectivity index (χ1n) is 23.7. The van der Waals surface area contributed by atoms with Gasteiger partial charge in [0.05, 0.1) is 88.1 Å². The maximum atomic E-state index is 17.3. The lowest BCUT2D eigenvalue weighted by atomic mass is 9.96. The molecule has 0 amide bonds. The van der Waals surface area contributed by atoms with Crippen molar-refractivity contribution in [3.63, 3.8) is 0 Å². The quantitative estimate of drug-likeness (QED) is 0.149. The van der Waals surface area contributed by atoms with Crippen molar-refractivity contribution < 1.29 is 4.39 Å². The number of nitriles is 3. The van der Waals surface area contributed by atoms with E-state index in [1.54, 1.807) is 48.5 Å². The summed E-state index contributed by atoms with van der Waals surface area (Å²) >= 11 is 0. The molecule has 8 nitrogen and oxygen atoms in total. The van der Waals surface area contributed by atoms with E-state index in [1.807, 2.05) is 137 Å². The Hall–Kier alpha value is -11.3. The molecule has 0 bridgehead atoms. The van der Waals surface area contributed by atoms with Crippen LogP contribution in [0.5, 0.6) is 0 Å². The molecule has 75 heavy (non-hydrogen) atoms. The molecule has 0 spiro atoms. The third-order valence-corrected chi connectivity index (χ3v) is 14.0. The van der Waals surface area contributed by atoms with Crippen molar-refractivity contribution in [2.24, 2.45) is 0 Å². The van der Waals surface area contributed by atoms with Crippen LogP contribution in [0.1, 0.15) is 16.7 Å². The third kappa shape index (κ3) is 7.31. The van der Waals surface area contributed by atoms with Gasteiger partial charge in [-0.05, 0) is 129 Å². The fourth-order valence-corrected chi connectivity index (χ4v) is 10.6. The number of nitrogens with zero attached hydrogens (tertiary/aromatic N) is 8. The molecular formula is C66H33FN8. The second-order valence-electron chi connectivity index (χ2n) is 18.0. The molecule has 0 radical (unpaired) electrons. The van der Waals surface area contributed by atoms with Crippen molar-refractivity contribution in [2.75, 3.05) is 0 Å². The van der Waals surface area contributed by atoms with Crippen molar-refractivity contribution in [1.29, 1.82) is 15.8 Å². The van der Waals surface area contributed by atoms with Crippen LogP contribution in [0.15, 0.2) is 200 Å². The van der Waals surface area contributed by atoms with Gasteiger partial charge in [-0.3, -0.25) is 0 Å². The third-order valence-electron chi connectivity index (χ3n) is 14.0. The maximum Gasteiger partial charge on any atom is 0.194 e. The summed E-state index contributed by atoms with van der Waals surface area (Å²) in [5, 5.41) is 34.5. The predicted octanol–water partition coefficient (Wildman–Crippen LogP) is 17.6. The first-order chi connectivity index (χ1) is 36.8. The van der Waals surface area contributed by atoms with Crippen LogP contribution in [0, 0.1) is 59.5 Å². The first-order valence-corrected chi connectivity index (χ1v) is 23.7. The molecule has 9 heteroatoms. The number of benzene rings is 10. The van der Waals surface area contributed by atoms with Crippen LogP contribution in [0.2, 0.25) is 0 Å². The van der Waals surface area contributed by atoms with Gasteiger partial charge in [0.2, 0.25) is 0 Å². The molecule has 10 aromatic carbocycles. The monoisotopic (exact) mass is 956 g/mol. The Balaban J connectivity index is 1.22. The molecular weight excluding hydrogens is 924 g/mol. The highest BCUT2D eigenvalue weighted by atomic mass is 19.1. The number of para-hydroxylation sites is 3. The lowest BCUT2D eigenvalue weighted by molar-refractivity contribution is 0.630. The average molecular weight is 957 g/mol. The molecule has 344 valence electrons. The minimum atomic E-state index is -0.646. The lowest BCUT2D eigenvalue weighted by Crippen LogP contribution is -2.06. The maximum absolute atomic E-state index is 17.3. The summed E-state index contributed by atoms with van der Waals surface area (Å²) in [5.41, 5.74) is 13.1. The molecule has 0 unspecified atom stereocenters. The van der Waals surface area contributed by atoms with Gasteiger partial charge in [-0.2, -0.15) is 15.8 Å². The highest BCUT2D eigenvalue weighted by Crippen LogP contribution is 2.47. The van der Waals surface area contributed by atoms with Gasteiger partial charge in [0.1, 0.15) is 5.82 Å². The second kappa shape index (κ2) is 18.1. The Morgan fingerprint density at radius 1 is 0.360 bits per heavy atom. The number of fused-ring (bicyclic) bond motifs is 6. The van der Waals surface area contributed by atoms with Gasteiger partial charge in [-0.15, -0.1) is 0 Å². The Labute approximate surface area is 430 Å². The molecule has 0 N–H and O–H groups in total. The van der Waals surface area contributed by atoms with Crippen molar-refractivity contribution in [1.82, 2.24) is 9.13 Å². The SMILES string of the molecule is [C-]#[N+]c1ccccc1-c1ccc2c(c1)c1cc(-c3ccccc3C#N)ccc1n2-c1cc(C#N)cc(-n2c3ccc(-c4ccccc4[N+]#[C-])cc3c3cc(-c4ccccc4[N+]#[C-])ccc32)c1-c1ccc(C#N)cc1F. The van der Waals surface area contributed by atoms with Crippen LogP contribution in [-0.4, -0.2) is 9.13 Å². The van der Waals surface area contributed by atoms with Crippen molar-refractivity contribution >= 4 is 60.7 Å². The van der Waals surface area contributed by atoms with E-state index in [2.05, 4.69) is 50.9 Å². The van der Waals surface area contributed by atoms with Gasteiger partial charge in [0, 0.05) is 32.7 Å². The zero-order valence-corrected chi connectivity index (χ0v) is 39.5. The molecule has 12 aromatic rings. The Kier molecular flexibility index (Phi) is 10.8. The van der Waals surface area contributed by atoms with E-state index in [9.17, 15) is 15.8 Å². The van der Waals surface area contributed by atoms with Crippen LogP contribution in [0.4, 0.5) is 21.5 Å². The smallest absolute Gasteiger partial charge is 0.194 e. The summed E-state index contributed by atoms with van der Waals surface area (Å²) < 4.78 is 21.4. The Morgan fingerprint density at radius 3 is 1.11 bits per heavy atom. The van der Waals surface area contributed by atoms with Crippen LogP contribution in [0.3, 0.4) is 0 Å². The van der Waals surface area contributed by atoms with Crippen molar-refractivity contribution in [2.45, 2.75) is 0 Å². The van der Waals surface area contributed by atoms with Gasteiger partial charge in [-0.25, -0.2) is 18.9 Å².